The first-order chi connectivity index (χ1) is 10.6. The average molecular weight is 318 g/mol. The van der Waals surface area contributed by atoms with E-state index in [1.54, 1.807) is 30.3 Å². The second-order valence-electron chi connectivity index (χ2n) is 4.75. The van der Waals surface area contributed by atoms with Crippen molar-refractivity contribution in [2.45, 2.75) is 12.8 Å². The maximum Gasteiger partial charge on any atom is 0.337 e. The molecule has 2 aromatic carbocycles. The van der Waals surface area contributed by atoms with E-state index in [0.717, 1.165) is 5.56 Å². The van der Waals surface area contributed by atoms with E-state index in [1.165, 1.54) is 7.11 Å². The lowest BCUT2D eigenvalue weighted by Crippen LogP contribution is -2.12. The van der Waals surface area contributed by atoms with Crippen molar-refractivity contribution in [3.63, 3.8) is 0 Å². The van der Waals surface area contributed by atoms with Gasteiger partial charge in [-0.25, -0.2) is 4.79 Å². The Bertz CT molecular complexity index is 668. The number of methoxy groups -OCH3 is 1. The van der Waals surface area contributed by atoms with Gasteiger partial charge in [0.2, 0.25) is 5.91 Å². The summed E-state index contributed by atoms with van der Waals surface area (Å²) in [4.78, 5) is 23.2. The summed E-state index contributed by atoms with van der Waals surface area (Å²) in [5.74, 6) is -0.496. The fraction of sp³-hybridized carbons (Fsp3) is 0.176. The summed E-state index contributed by atoms with van der Waals surface area (Å²) in [5, 5.41) is 3.45. The molecule has 0 aliphatic heterocycles. The number of hydrogen-bond acceptors (Lipinski definition) is 3. The van der Waals surface area contributed by atoms with E-state index in [0.29, 0.717) is 29.1 Å². The van der Waals surface area contributed by atoms with Crippen LogP contribution in [-0.4, -0.2) is 19.0 Å². The van der Waals surface area contributed by atoms with E-state index in [9.17, 15) is 9.59 Å². The molecular formula is C17H16ClNO3. The number of amides is 1. The van der Waals surface area contributed by atoms with Gasteiger partial charge in [-0.05, 0) is 48.4 Å². The van der Waals surface area contributed by atoms with Gasteiger partial charge < -0.3 is 10.1 Å². The number of halogens is 1. The first-order valence-electron chi connectivity index (χ1n) is 6.81. The monoisotopic (exact) mass is 317 g/mol. The van der Waals surface area contributed by atoms with Crippen molar-refractivity contribution in [2.24, 2.45) is 0 Å². The quantitative estimate of drug-likeness (QED) is 0.855. The predicted molar refractivity (Wildman–Crippen MR) is 86.2 cm³/mol. The normalized spacial score (nSPS) is 10.1. The lowest BCUT2D eigenvalue weighted by molar-refractivity contribution is -0.116. The molecule has 0 atom stereocenters. The van der Waals surface area contributed by atoms with Crippen molar-refractivity contribution >= 4 is 29.2 Å². The van der Waals surface area contributed by atoms with Gasteiger partial charge in [-0.15, -0.1) is 0 Å². The molecule has 0 spiro atoms. The minimum Gasteiger partial charge on any atom is -0.465 e. The van der Waals surface area contributed by atoms with E-state index in [2.05, 4.69) is 10.1 Å². The molecular weight excluding hydrogens is 302 g/mol. The Kier molecular flexibility index (Phi) is 5.55. The Balaban J connectivity index is 1.88. The highest BCUT2D eigenvalue weighted by Gasteiger charge is 2.07. The smallest absolute Gasteiger partial charge is 0.337 e. The van der Waals surface area contributed by atoms with Crippen molar-refractivity contribution in [2.75, 3.05) is 12.4 Å². The summed E-state index contributed by atoms with van der Waals surface area (Å²) >= 11 is 5.90. The first-order valence-corrected chi connectivity index (χ1v) is 7.19. The van der Waals surface area contributed by atoms with Crippen LogP contribution in [0.25, 0.3) is 0 Å². The predicted octanol–water partition coefficient (Wildman–Crippen LogP) is 3.70. The number of rotatable bonds is 5. The van der Waals surface area contributed by atoms with Crippen LogP contribution in [0, 0.1) is 0 Å². The highest BCUT2D eigenvalue weighted by Crippen LogP contribution is 2.14. The average Bonchev–Trinajstić information content (AvgIpc) is 2.53. The number of aryl methyl sites for hydroxylation is 1. The third kappa shape index (κ3) is 4.60. The van der Waals surface area contributed by atoms with Crippen LogP contribution in [0.1, 0.15) is 22.3 Å². The van der Waals surface area contributed by atoms with Crippen LogP contribution in [0.2, 0.25) is 5.02 Å². The molecule has 114 valence electrons. The summed E-state index contributed by atoms with van der Waals surface area (Å²) in [6.45, 7) is 0. The molecule has 0 unspecified atom stereocenters. The first kappa shape index (κ1) is 16.0. The molecule has 0 aliphatic carbocycles. The van der Waals surface area contributed by atoms with Gasteiger partial charge in [0.1, 0.15) is 0 Å². The van der Waals surface area contributed by atoms with Crippen LogP contribution in [0.4, 0.5) is 5.69 Å². The standard InChI is InChI=1S/C17H16ClNO3/c1-22-17(21)13-6-8-15(9-7-13)19-16(20)10-5-12-3-2-4-14(18)11-12/h2-4,6-9,11H,5,10H2,1H3,(H,19,20). The lowest BCUT2D eigenvalue weighted by Gasteiger charge is -2.06. The van der Waals surface area contributed by atoms with Crippen LogP contribution in [0.5, 0.6) is 0 Å². The Morgan fingerprint density at radius 2 is 1.86 bits per heavy atom. The Morgan fingerprint density at radius 3 is 2.50 bits per heavy atom. The van der Waals surface area contributed by atoms with E-state index < -0.39 is 5.97 Å². The number of esters is 1. The number of carbonyl (C=O) groups is 2. The molecule has 0 radical (unpaired) electrons. The molecule has 0 fully saturated rings. The fourth-order valence-corrected chi connectivity index (χ4v) is 2.19. The van der Waals surface area contributed by atoms with Gasteiger partial charge in [0.15, 0.2) is 0 Å². The number of ether oxygens (including phenoxy) is 1. The molecule has 22 heavy (non-hydrogen) atoms. The summed E-state index contributed by atoms with van der Waals surface area (Å²) < 4.78 is 4.62. The summed E-state index contributed by atoms with van der Waals surface area (Å²) in [6, 6.07) is 14.0. The van der Waals surface area contributed by atoms with Crippen LogP contribution in [0.15, 0.2) is 48.5 Å². The van der Waals surface area contributed by atoms with Gasteiger partial charge in [0, 0.05) is 17.1 Å². The zero-order chi connectivity index (χ0) is 15.9. The Labute approximate surface area is 134 Å². The zero-order valence-corrected chi connectivity index (χ0v) is 12.9. The fourth-order valence-electron chi connectivity index (χ4n) is 1.98. The van der Waals surface area contributed by atoms with Gasteiger partial charge >= 0.3 is 5.97 Å². The summed E-state index contributed by atoms with van der Waals surface area (Å²) in [6.07, 6.45) is 0.978. The summed E-state index contributed by atoms with van der Waals surface area (Å²) in [7, 11) is 1.33. The minimum atomic E-state index is -0.404. The van der Waals surface area contributed by atoms with E-state index in [4.69, 9.17) is 11.6 Å². The third-order valence-corrected chi connectivity index (χ3v) is 3.35. The van der Waals surface area contributed by atoms with Gasteiger partial charge in [0.05, 0.1) is 12.7 Å². The molecule has 0 aliphatic rings. The maximum atomic E-state index is 11.9. The molecule has 0 saturated heterocycles. The second-order valence-corrected chi connectivity index (χ2v) is 5.18. The summed E-state index contributed by atoms with van der Waals surface area (Å²) in [5.41, 5.74) is 2.10. The van der Waals surface area contributed by atoms with Crippen LogP contribution in [-0.2, 0) is 16.0 Å². The molecule has 1 amide bonds. The SMILES string of the molecule is COC(=O)c1ccc(NC(=O)CCc2cccc(Cl)c2)cc1. The Morgan fingerprint density at radius 1 is 1.14 bits per heavy atom. The van der Waals surface area contributed by atoms with Crippen molar-refractivity contribution < 1.29 is 14.3 Å². The van der Waals surface area contributed by atoms with Gasteiger partial charge in [-0.2, -0.15) is 0 Å². The highest BCUT2D eigenvalue weighted by atomic mass is 35.5. The molecule has 0 saturated carbocycles. The van der Waals surface area contributed by atoms with Gasteiger partial charge in [-0.1, -0.05) is 23.7 Å². The minimum absolute atomic E-state index is 0.0919. The number of benzene rings is 2. The topological polar surface area (TPSA) is 55.4 Å². The van der Waals surface area contributed by atoms with Crippen LogP contribution < -0.4 is 5.32 Å². The molecule has 0 heterocycles. The van der Waals surface area contributed by atoms with Gasteiger partial charge in [0.25, 0.3) is 0 Å². The lowest BCUT2D eigenvalue weighted by atomic mass is 10.1. The number of hydrogen-bond donors (Lipinski definition) is 1. The van der Waals surface area contributed by atoms with E-state index in [-0.39, 0.29) is 5.91 Å². The third-order valence-electron chi connectivity index (χ3n) is 3.12. The van der Waals surface area contributed by atoms with Crippen molar-refractivity contribution in [1.29, 1.82) is 0 Å². The second kappa shape index (κ2) is 7.61. The van der Waals surface area contributed by atoms with Crippen molar-refractivity contribution in [3.05, 3.63) is 64.7 Å². The van der Waals surface area contributed by atoms with Crippen LogP contribution >= 0.6 is 11.6 Å². The largest absolute Gasteiger partial charge is 0.465 e. The number of carbonyl (C=O) groups excluding carboxylic acids is 2. The zero-order valence-electron chi connectivity index (χ0n) is 12.1. The van der Waals surface area contributed by atoms with Crippen LogP contribution in [0.3, 0.4) is 0 Å². The molecule has 0 aromatic heterocycles. The molecule has 0 bridgehead atoms. The van der Waals surface area contributed by atoms with E-state index in [1.807, 2.05) is 18.2 Å². The molecule has 2 aromatic rings. The molecule has 4 nitrogen and oxygen atoms in total. The molecule has 1 N–H and O–H groups in total. The van der Waals surface area contributed by atoms with Gasteiger partial charge in [-0.3, -0.25) is 4.79 Å². The van der Waals surface area contributed by atoms with E-state index >= 15 is 0 Å². The number of anilines is 1. The van der Waals surface area contributed by atoms with Crippen molar-refractivity contribution in [1.82, 2.24) is 0 Å². The number of nitrogens with one attached hydrogen (secondary N) is 1. The van der Waals surface area contributed by atoms with Crippen molar-refractivity contribution in [3.8, 4) is 0 Å². The molecule has 2 rings (SSSR count). The maximum absolute atomic E-state index is 11.9. The highest BCUT2D eigenvalue weighted by molar-refractivity contribution is 6.30. The Hall–Kier alpha value is -2.33. The molecule has 5 heteroatoms.